The first-order valence-corrected chi connectivity index (χ1v) is 8.04. The molecule has 2 aromatic carbocycles. The van der Waals surface area contributed by atoms with Crippen LogP contribution in [0.25, 0.3) is 0 Å². The molecule has 22 heavy (non-hydrogen) atoms. The first-order valence-electron chi connectivity index (χ1n) is 8.04. The number of fused-ring (bicyclic) bond motifs is 2. The highest BCUT2D eigenvalue weighted by Crippen LogP contribution is 2.39. The molecule has 1 aliphatic heterocycles. The van der Waals surface area contributed by atoms with Crippen molar-refractivity contribution in [1.29, 1.82) is 0 Å². The summed E-state index contributed by atoms with van der Waals surface area (Å²) >= 11 is 0. The lowest BCUT2D eigenvalue weighted by atomic mass is 10.0. The normalized spacial score (nSPS) is 23.5. The van der Waals surface area contributed by atoms with E-state index < -0.39 is 0 Å². The molecule has 1 heterocycles. The Balaban J connectivity index is 1.75. The molecule has 0 aromatic heterocycles. The maximum absolute atomic E-state index is 13.1. The second kappa shape index (κ2) is 5.48. The third-order valence-corrected chi connectivity index (χ3v) is 4.82. The number of nitrogens with one attached hydrogen (secondary N) is 1. The van der Waals surface area contributed by atoms with Crippen LogP contribution in [0.1, 0.15) is 24.8 Å². The van der Waals surface area contributed by atoms with Crippen molar-refractivity contribution in [2.75, 3.05) is 10.2 Å². The van der Waals surface area contributed by atoms with Crippen molar-refractivity contribution < 1.29 is 4.79 Å². The Kier molecular flexibility index (Phi) is 3.34. The molecule has 3 heteroatoms. The number of hydrogen-bond donors (Lipinski definition) is 1. The molecule has 2 aromatic rings. The molecule has 0 saturated heterocycles. The first-order chi connectivity index (χ1) is 10.8. The summed E-state index contributed by atoms with van der Waals surface area (Å²) in [7, 11) is 0. The molecule has 1 fully saturated rings. The van der Waals surface area contributed by atoms with E-state index in [4.69, 9.17) is 0 Å². The van der Waals surface area contributed by atoms with Gasteiger partial charge in [-0.25, -0.2) is 0 Å². The highest BCUT2D eigenvalue weighted by atomic mass is 16.2. The molecule has 0 spiro atoms. The van der Waals surface area contributed by atoms with Crippen LogP contribution in [0.15, 0.2) is 54.6 Å². The summed E-state index contributed by atoms with van der Waals surface area (Å²) in [6, 6.07) is 18.7. The third kappa shape index (κ3) is 2.27. The van der Waals surface area contributed by atoms with Crippen LogP contribution in [0.2, 0.25) is 0 Å². The van der Waals surface area contributed by atoms with E-state index in [2.05, 4.69) is 23.5 Å². The largest absolute Gasteiger partial charge is 0.380 e. The van der Waals surface area contributed by atoms with E-state index in [-0.39, 0.29) is 17.9 Å². The average Bonchev–Trinajstić information content (AvgIpc) is 2.98. The van der Waals surface area contributed by atoms with Crippen LogP contribution in [0.4, 0.5) is 11.4 Å². The van der Waals surface area contributed by atoms with Gasteiger partial charge in [-0.2, -0.15) is 0 Å². The molecule has 2 aliphatic rings. The molecule has 112 valence electrons. The van der Waals surface area contributed by atoms with Crippen LogP contribution in [-0.2, 0) is 11.3 Å². The zero-order chi connectivity index (χ0) is 14.9. The number of carbonyl (C=O) groups is 1. The Bertz CT molecular complexity index is 683. The minimum Gasteiger partial charge on any atom is -0.380 e. The van der Waals surface area contributed by atoms with Gasteiger partial charge in [0.05, 0.1) is 23.8 Å². The number of amides is 1. The molecule has 3 nitrogen and oxygen atoms in total. The zero-order valence-electron chi connectivity index (χ0n) is 12.5. The molecule has 1 aliphatic carbocycles. The molecule has 0 unspecified atom stereocenters. The van der Waals surface area contributed by atoms with Crippen molar-refractivity contribution in [2.45, 2.75) is 31.8 Å². The predicted molar refractivity (Wildman–Crippen MR) is 88.8 cm³/mol. The fourth-order valence-corrected chi connectivity index (χ4v) is 3.71. The summed E-state index contributed by atoms with van der Waals surface area (Å²) in [4.78, 5) is 15.0. The fraction of sp³-hybridized carbons (Fsp3) is 0.316. The van der Waals surface area contributed by atoms with E-state index in [1.807, 2.05) is 41.3 Å². The van der Waals surface area contributed by atoms with Crippen molar-refractivity contribution in [3.63, 3.8) is 0 Å². The smallest absolute Gasteiger partial charge is 0.232 e. The maximum atomic E-state index is 13.1. The molecule has 4 rings (SSSR count). The molecule has 1 N–H and O–H groups in total. The lowest BCUT2D eigenvalue weighted by Crippen LogP contribution is -2.38. The van der Waals surface area contributed by atoms with Crippen molar-refractivity contribution in [3.8, 4) is 0 Å². The quantitative estimate of drug-likeness (QED) is 0.912. The van der Waals surface area contributed by atoms with Crippen LogP contribution < -0.4 is 10.2 Å². The summed E-state index contributed by atoms with van der Waals surface area (Å²) < 4.78 is 0. The summed E-state index contributed by atoms with van der Waals surface area (Å²) in [5.41, 5.74) is 3.26. The van der Waals surface area contributed by atoms with E-state index in [1.54, 1.807) is 0 Å². The molecule has 1 saturated carbocycles. The highest BCUT2D eigenvalue weighted by molar-refractivity contribution is 6.00. The van der Waals surface area contributed by atoms with Gasteiger partial charge in [-0.1, -0.05) is 48.9 Å². The maximum Gasteiger partial charge on any atom is 0.232 e. The summed E-state index contributed by atoms with van der Waals surface area (Å²) in [6.45, 7) is 0.640. The Morgan fingerprint density at radius 1 is 1.00 bits per heavy atom. The van der Waals surface area contributed by atoms with Crippen LogP contribution >= 0.6 is 0 Å². The lowest BCUT2D eigenvalue weighted by Gasteiger charge is -2.25. The van der Waals surface area contributed by atoms with Crippen molar-refractivity contribution in [2.24, 2.45) is 5.92 Å². The highest BCUT2D eigenvalue weighted by Gasteiger charge is 2.39. The Hall–Kier alpha value is -2.29. The van der Waals surface area contributed by atoms with Crippen LogP contribution in [0.5, 0.6) is 0 Å². The summed E-state index contributed by atoms with van der Waals surface area (Å²) in [6.07, 6.45) is 3.22. The standard InChI is InChI=1S/C19H20N2O/c22-19-15-9-6-11-16(15)20-17-10-4-5-12-18(17)21(19)13-14-7-2-1-3-8-14/h1-5,7-8,10,12,15-16,20H,6,9,11,13H2/t15-,16+/m0/s1. The van der Waals surface area contributed by atoms with Gasteiger partial charge in [0.25, 0.3) is 0 Å². The van der Waals surface area contributed by atoms with E-state index >= 15 is 0 Å². The van der Waals surface area contributed by atoms with Gasteiger partial charge >= 0.3 is 0 Å². The molecular weight excluding hydrogens is 272 g/mol. The second-order valence-electron chi connectivity index (χ2n) is 6.22. The Morgan fingerprint density at radius 3 is 2.64 bits per heavy atom. The van der Waals surface area contributed by atoms with Gasteiger partial charge in [-0.3, -0.25) is 4.79 Å². The number of nitrogens with zero attached hydrogens (tertiary/aromatic N) is 1. The SMILES string of the molecule is O=C1[C@H]2CCC[C@H]2Nc2ccccc2N1Cc1ccccc1. The average molecular weight is 292 g/mol. The molecule has 0 radical (unpaired) electrons. The third-order valence-electron chi connectivity index (χ3n) is 4.82. The summed E-state index contributed by atoms with van der Waals surface area (Å²) in [5, 5.41) is 3.61. The van der Waals surface area contributed by atoms with Gasteiger partial charge in [-0.05, 0) is 30.5 Å². The van der Waals surface area contributed by atoms with Crippen LogP contribution in [0, 0.1) is 5.92 Å². The van der Waals surface area contributed by atoms with Gasteiger partial charge in [0.15, 0.2) is 0 Å². The topological polar surface area (TPSA) is 32.3 Å². The van der Waals surface area contributed by atoms with Gasteiger partial charge in [-0.15, -0.1) is 0 Å². The number of carbonyl (C=O) groups excluding carboxylic acids is 1. The van der Waals surface area contributed by atoms with E-state index in [0.717, 1.165) is 30.6 Å². The number of para-hydroxylation sites is 2. The molecule has 0 bridgehead atoms. The Morgan fingerprint density at radius 2 is 1.77 bits per heavy atom. The molecule has 1 amide bonds. The van der Waals surface area contributed by atoms with Gasteiger partial charge in [0.1, 0.15) is 0 Å². The minimum absolute atomic E-state index is 0.108. The van der Waals surface area contributed by atoms with Gasteiger partial charge < -0.3 is 10.2 Å². The monoisotopic (exact) mass is 292 g/mol. The van der Waals surface area contributed by atoms with Gasteiger partial charge in [0.2, 0.25) is 5.91 Å². The van der Waals surface area contributed by atoms with Gasteiger partial charge in [0, 0.05) is 6.04 Å². The number of hydrogen-bond acceptors (Lipinski definition) is 2. The van der Waals surface area contributed by atoms with Crippen molar-refractivity contribution in [1.82, 2.24) is 0 Å². The van der Waals surface area contributed by atoms with E-state index in [1.165, 1.54) is 5.56 Å². The van der Waals surface area contributed by atoms with E-state index in [0.29, 0.717) is 6.54 Å². The first kappa shape index (κ1) is 13.4. The number of benzene rings is 2. The summed E-state index contributed by atoms with van der Waals surface area (Å²) in [5.74, 6) is 0.375. The Labute approximate surface area is 131 Å². The minimum atomic E-state index is 0.108. The van der Waals surface area contributed by atoms with Crippen molar-refractivity contribution in [3.05, 3.63) is 60.2 Å². The fourth-order valence-electron chi connectivity index (χ4n) is 3.71. The number of anilines is 2. The molecule has 2 atom stereocenters. The van der Waals surface area contributed by atoms with Crippen molar-refractivity contribution >= 4 is 17.3 Å². The number of rotatable bonds is 2. The van der Waals surface area contributed by atoms with Crippen LogP contribution in [-0.4, -0.2) is 11.9 Å². The predicted octanol–water partition coefficient (Wildman–Crippen LogP) is 3.81. The lowest BCUT2D eigenvalue weighted by molar-refractivity contribution is -0.122. The zero-order valence-corrected chi connectivity index (χ0v) is 12.5. The second-order valence-corrected chi connectivity index (χ2v) is 6.22. The van der Waals surface area contributed by atoms with E-state index in [9.17, 15) is 4.79 Å². The molecular formula is C19H20N2O. The van der Waals surface area contributed by atoms with Crippen LogP contribution in [0.3, 0.4) is 0 Å².